The van der Waals surface area contributed by atoms with Crippen molar-refractivity contribution in [3.05, 3.63) is 29.8 Å². The van der Waals surface area contributed by atoms with Crippen LogP contribution in [0, 0.1) is 0 Å². The summed E-state index contributed by atoms with van der Waals surface area (Å²) in [5.74, 6) is -1.91. The highest BCUT2D eigenvalue weighted by atomic mass is 16.7. The predicted octanol–water partition coefficient (Wildman–Crippen LogP) is 4.99. The van der Waals surface area contributed by atoms with Gasteiger partial charge in [0.1, 0.15) is 11.2 Å². The number of aromatic nitrogens is 1. The smallest absolute Gasteiger partial charge is 0.421 e. The molecule has 2 atom stereocenters. The summed E-state index contributed by atoms with van der Waals surface area (Å²) in [4.78, 5) is 26.3. The van der Waals surface area contributed by atoms with Gasteiger partial charge in [0.2, 0.25) is 11.7 Å². The molecule has 0 saturated heterocycles. The number of esters is 1. The summed E-state index contributed by atoms with van der Waals surface area (Å²) in [5, 5.41) is 0.743. The van der Waals surface area contributed by atoms with E-state index >= 15 is 0 Å². The fourth-order valence-corrected chi connectivity index (χ4v) is 3.59. The minimum atomic E-state index is -1.11. The number of carbonyl (C=O) groups excluding carboxylic acids is 2. The average molecular weight is 418 g/mol. The van der Waals surface area contributed by atoms with Crippen molar-refractivity contribution in [3.63, 3.8) is 0 Å². The molecular weight excluding hydrogens is 386 g/mol. The van der Waals surface area contributed by atoms with Crippen LogP contribution in [0.2, 0.25) is 0 Å². The van der Waals surface area contributed by atoms with Crippen molar-refractivity contribution in [2.45, 2.75) is 77.8 Å². The maximum atomic E-state index is 13.2. The summed E-state index contributed by atoms with van der Waals surface area (Å²) in [5.41, 5.74) is -0.132. The van der Waals surface area contributed by atoms with E-state index in [0.717, 1.165) is 5.39 Å². The number of nitrogens with zero attached hydrogens (tertiary/aromatic N) is 1. The minimum Gasteiger partial charge on any atom is -0.459 e. The van der Waals surface area contributed by atoms with Gasteiger partial charge in [-0.3, -0.25) is 4.79 Å². The zero-order valence-electron chi connectivity index (χ0n) is 19.0. The fourth-order valence-electron chi connectivity index (χ4n) is 3.59. The van der Waals surface area contributed by atoms with Gasteiger partial charge in [-0.25, -0.2) is 9.36 Å². The Morgan fingerprint density at radius 3 is 2.23 bits per heavy atom. The number of fused-ring (bicyclic) bond motifs is 3. The topological polar surface area (TPSA) is 76.0 Å². The number of benzene rings is 1. The van der Waals surface area contributed by atoms with Crippen LogP contribution in [0.5, 0.6) is 5.88 Å². The van der Waals surface area contributed by atoms with E-state index < -0.39 is 29.0 Å². The van der Waals surface area contributed by atoms with Crippen LogP contribution in [0.1, 0.15) is 66.4 Å². The molecule has 164 valence electrons. The van der Waals surface area contributed by atoms with E-state index in [1.54, 1.807) is 33.8 Å². The number of ether oxygens (including phenoxy) is 4. The quantitative estimate of drug-likeness (QED) is 0.641. The second-order valence-electron chi connectivity index (χ2n) is 9.78. The third-order valence-corrected chi connectivity index (χ3v) is 4.80. The van der Waals surface area contributed by atoms with Gasteiger partial charge in [-0.1, -0.05) is 18.2 Å². The second-order valence-corrected chi connectivity index (χ2v) is 9.78. The predicted molar refractivity (Wildman–Crippen MR) is 113 cm³/mol. The first-order chi connectivity index (χ1) is 13.7. The SMILES string of the molecule is CO[C@@]1(C)C[C@@H](C(=O)OC(C)(C)C)c2c(n(C(=O)OC(C)(C)C)c3ccccc23)O1. The highest BCUT2D eigenvalue weighted by Gasteiger charge is 2.46. The molecule has 3 rings (SSSR count). The lowest BCUT2D eigenvalue weighted by atomic mass is 9.89. The molecule has 2 heterocycles. The van der Waals surface area contributed by atoms with Gasteiger partial charge in [-0.2, -0.15) is 0 Å². The van der Waals surface area contributed by atoms with Crippen LogP contribution in [0.3, 0.4) is 0 Å². The van der Waals surface area contributed by atoms with Crippen molar-refractivity contribution in [1.29, 1.82) is 0 Å². The van der Waals surface area contributed by atoms with Gasteiger partial charge >= 0.3 is 12.1 Å². The fraction of sp³-hybridized carbons (Fsp3) is 0.565. The van der Waals surface area contributed by atoms with Crippen molar-refractivity contribution in [3.8, 4) is 5.88 Å². The molecule has 0 spiro atoms. The lowest BCUT2D eigenvalue weighted by Gasteiger charge is -2.37. The molecule has 0 radical (unpaired) electrons. The lowest BCUT2D eigenvalue weighted by Crippen LogP contribution is -2.43. The van der Waals surface area contributed by atoms with Crippen LogP contribution < -0.4 is 4.74 Å². The lowest BCUT2D eigenvalue weighted by molar-refractivity contribution is -0.182. The Morgan fingerprint density at radius 1 is 1.07 bits per heavy atom. The molecule has 0 amide bonds. The molecule has 0 aliphatic carbocycles. The van der Waals surface area contributed by atoms with E-state index in [9.17, 15) is 9.59 Å². The molecule has 30 heavy (non-hydrogen) atoms. The molecule has 0 unspecified atom stereocenters. The largest absolute Gasteiger partial charge is 0.459 e. The molecule has 1 aromatic carbocycles. The zero-order valence-corrected chi connectivity index (χ0v) is 19.0. The van der Waals surface area contributed by atoms with E-state index in [1.807, 2.05) is 39.0 Å². The van der Waals surface area contributed by atoms with E-state index in [1.165, 1.54) is 11.7 Å². The van der Waals surface area contributed by atoms with Gasteiger partial charge in [0, 0.05) is 31.4 Å². The maximum absolute atomic E-state index is 13.2. The van der Waals surface area contributed by atoms with E-state index in [0.29, 0.717) is 11.1 Å². The van der Waals surface area contributed by atoms with Crippen molar-refractivity contribution in [2.24, 2.45) is 0 Å². The third-order valence-electron chi connectivity index (χ3n) is 4.80. The van der Waals surface area contributed by atoms with Gasteiger partial charge in [0.15, 0.2) is 0 Å². The molecular formula is C23H31NO6. The number of rotatable bonds is 2. The standard InChI is InChI=1S/C23H31NO6/c1-21(2,3)29-19(25)15-13-23(7,27-8)28-18-17(15)14-11-9-10-12-16(14)24(18)20(26)30-22(4,5)6/h9-12,15H,13H2,1-8H3/t15-,23-/m1/s1. The summed E-state index contributed by atoms with van der Waals surface area (Å²) < 4.78 is 24.4. The van der Waals surface area contributed by atoms with E-state index in [4.69, 9.17) is 18.9 Å². The third kappa shape index (κ3) is 4.31. The first-order valence-corrected chi connectivity index (χ1v) is 10.1. The maximum Gasteiger partial charge on any atom is 0.421 e. The number of para-hydroxylation sites is 1. The molecule has 2 aromatic rings. The first-order valence-electron chi connectivity index (χ1n) is 10.1. The molecule has 0 fully saturated rings. The summed E-state index contributed by atoms with van der Waals surface area (Å²) in [6, 6.07) is 7.35. The molecule has 1 aliphatic heterocycles. The second kappa shape index (κ2) is 7.30. The highest BCUT2D eigenvalue weighted by molar-refractivity contribution is 5.99. The van der Waals surface area contributed by atoms with Crippen molar-refractivity contribution in [2.75, 3.05) is 7.11 Å². The molecule has 7 nitrogen and oxygen atoms in total. The van der Waals surface area contributed by atoms with Crippen molar-refractivity contribution in [1.82, 2.24) is 4.57 Å². The Balaban J connectivity index is 2.24. The number of methoxy groups -OCH3 is 1. The average Bonchev–Trinajstić information content (AvgIpc) is 2.91. The van der Waals surface area contributed by atoms with Crippen LogP contribution in [0.4, 0.5) is 4.79 Å². The van der Waals surface area contributed by atoms with Crippen LogP contribution in [-0.4, -0.2) is 40.7 Å². The Kier molecular flexibility index (Phi) is 5.39. The normalized spacial score (nSPS) is 21.7. The monoisotopic (exact) mass is 417 g/mol. The zero-order chi connectivity index (χ0) is 22.5. The van der Waals surface area contributed by atoms with Gasteiger partial charge in [-0.05, 0) is 47.6 Å². The molecule has 0 N–H and O–H groups in total. The number of hydrogen-bond acceptors (Lipinski definition) is 6. The summed E-state index contributed by atoms with van der Waals surface area (Å²) >= 11 is 0. The molecule has 0 bridgehead atoms. The first kappa shape index (κ1) is 22.2. The van der Waals surface area contributed by atoms with Gasteiger partial charge in [-0.15, -0.1) is 0 Å². The highest BCUT2D eigenvalue weighted by Crippen LogP contribution is 2.47. The van der Waals surface area contributed by atoms with Crippen LogP contribution in [-0.2, 0) is 19.0 Å². The molecule has 0 saturated carbocycles. The number of hydrogen-bond donors (Lipinski definition) is 0. The summed E-state index contributed by atoms with van der Waals surface area (Å²) in [6.45, 7) is 12.6. The summed E-state index contributed by atoms with van der Waals surface area (Å²) in [6.07, 6.45) is -0.323. The minimum absolute atomic E-state index is 0.247. The van der Waals surface area contributed by atoms with Crippen molar-refractivity contribution >= 4 is 23.0 Å². The van der Waals surface area contributed by atoms with Gasteiger partial charge in [0.25, 0.3) is 0 Å². The molecule has 1 aromatic heterocycles. The Bertz CT molecular complexity index is 978. The Labute approximate surface area is 177 Å². The molecule has 1 aliphatic rings. The Morgan fingerprint density at radius 2 is 1.67 bits per heavy atom. The van der Waals surface area contributed by atoms with E-state index in [2.05, 4.69) is 0 Å². The summed E-state index contributed by atoms with van der Waals surface area (Å²) in [7, 11) is 1.51. The van der Waals surface area contributed by atoms with Crippen LogP contribution >= 0.6 is 0 Å². The molecule has 7 heteroatoms. The van der Waals surface area contributed by atoms with E-state index in [-0.39, 0.29) is 18.3 Å². The van der Waals surface area contributed by atoms with Crippen LogP contribution in [0.15, 0.2) is 24.3 Å². The van der Waals surface area contributed by atoms with Gasteiger partial charge < -0.3 is 18.9 Å². The number of carbonyl (C=O) groups is 2. The van der Waals surface area contributed by atoms with Crippen molar-refractivity contribution < 1.29 is 28.5 Å². The van der Waals surface area contributed by atoms with Crippen LogP contribution in [0.25, 0.3) is 10.9 Å². The van der Waals surface area contributed by atoms with Gasteiger partial charge in [0.05, 0.1) is 11.4 Å². The Hall–Kier alpha value is -2.54.